The lowest BCUT2D eigenvalue weighted by Crippen LogP contribution is -2.33. The highest BCUT2D eigenvalue weighted by atomic mass is 32.2. The normalized spacial score (nSPS) is 14.2. The standard InChI is InChI=1S/C19H22N2O3S/c1-14-7-9-15(10-8-14)13-19(22)20-17-5-3-4-6-18(17)21(16-11-12-16)25(2,23)24/h3-10,16H,11-13H2,1-2H3,(H,20,22). The fourth-order valence-corrected chi connectivity index (χ4v) is 4.08. The molecule has 0 aliphatic heterocycles. The fourth-order valence-electron chi connectivity index (χ4n) is 2.81. The van der Waals surface area contributed by atoms with E-state index in [4.69, 9.17) is 0 Å². The molecule has 1 fully saturated rings. The summed E-state index contributed by atoms with van der Waals surface area (Å²) in [6, 6.07) is 14.8. The van der Waals surface area contributed by atoms with Gasteiger partial charge in [-0.05, 0) is 37.5 Å². The van der Waals surface area contributed by atoms with Gasteiger partial charge in [0.25, 0.3) is 0 Å². The Morgan fingerprint density at radius 3 is 2.36 bits per heavy atom. The number of amides is 1. The summed E-state index contributed by atoms with van der Waals surface area (Å²) in [5, 5.41) is 2.86. The molecular formula is C19H22N2O3S. The second-order valence-electron chi connectivity index (χ2n) is 6.52. The van der Waals surface area contributed by atoms with Crippen molar-refractivity contribution in [1.82, 2.24) is 0 Å². The molecule has 0 saturated heterocycles. The number of sulfonamides is 1. The molecule has 1 amide bonds. The van der Waals surface area contributed by atoms with Gasteiger partial charge in [0.2, 0.25) is 15.9 Å². The van der Waals surface area contributed by atoms with Crippen LogP contribution in [-0.2, 0) is 21.2 Å². The van der Waals surface area contributed by atoms with Gasteiger partial charge in [0.05, 0.1) is 24.1 Å². The van der Waals surface area contributed by atoms with E-state index in [0.29, 0.717) is 11.4 Å². The fraction of sp³-hybridized carbons (Fsp3) is 0.316. The van der Waals surface area contributed by atoms with Crippen LogP contribution in [0.1, 0.15) is 24.0 Å². The van der Waals surface area contributed by atoms with Gasteiger partial charge in [0.15, 0.2) is 0 Å². The molecule has 0 radical (unpaired) electrons. The summed E-state index contributed by atoms with van der Waals surface area (Å²) >= 11 is 0. The molecule has 3 rings (SSSR count). The summed E-state index contributed by atoms with van der Waals surface area (Å²) in [7, 11) is -3.39. The van der Waals surface area contributed by atoms with Crippen molar-refractivity contribution >= 4 is 27.3 Å². The highest BCUT2D eigenvalue weighted by Crippen LogP contribution is 2.37. The van der Waals surface area contributed by atoms with Gasteiger partial charge in [-0.15, -0.1) is 0 Å². The Bertz CT molecular complexity index is 872. The van der Waals surface area contributed by atoms with Crippen molar-refractivity contribution in [3.05, 3.63) is 59.7 Å². The molecule has 1 N–H and O–H groups in total. The van der Waals surface area contributed by atoms with Crippen LogP contribution in [0.3, 0.4) is 0 Å². The molecule has 2 aromatic carbocycles. The highest BCUT2D eigenvalue weighted by molar-refractivity contribution is 7.92. The lowest BCUT2D eigenvalue weighted by Gasteiger charge is -2.24. The predicted molar refractivity (Wildman–Crippen MR) is 100 cm³/mol. The number of hydrogen-bond donors (Lipinski definition) is 1. The number of nitrogens with one attached hydrogen (secondary N) is 1. The maximum absolute atomic E-state index is 12.4. The third kappa shape index (κ3) is 4.39. The van der Waals surface area contributed by atoms with Crippen LogP contribution in [0.4, 0.5) is 11.4 Å². The quantitative estimate of drug-likeness (QED) is 0.863. The summed E-state index contributed by atoms with van der Waals surface area (Å²) in [5.41, 5.74) is 3.12. The Labute approximate surface area is 148 Å². The second kappa shape index (κ2) is 6.88. The molecule has 2 aromatic rings. The Hall–Kier alpha value is -2.34. The molecule has 0 bridgehead atoms. The number of benzene rings is 2. The van der Waals surface area contributed by atoms with E-state index < -0.39 is 10.0 Å². The van der Waals surface area contributed by atoms with Crippen molar-refractivity contribution in [2.45, 2.75) is 32.2 Å². The van der Waals surface area contributed by atoms with Crippen molar-refractivity contribution in [3.63, 3.8) is 0 Å². The van der Waals surface area contributed by atoms with E-state index in [1.165, 1.54) is 10.6 Å². The minimum Gasteiger partial charge on any atom is -0.324 e. The lowest BCUT2D eigenvalue weighted by atomic mass is 10.1. The molecule has 0 unspecified atom stereocenters. The van der Waals surface area contributed by atoms with Crippen LogP contribution >= 0.6 is 0 Å². The largest absolute Gasteiger partial charge is 0.324 e. The second-order valence-corrected chi connectivity index (χ2v) is 8.38. The maximum Gasteiger partial charge on any atom is 0.232 e. The summed E-state index contributed by atoms with van der Waals surface area (Å²) in [4.78, 5) is 12.4. The number of anilines is 2. The van der Waals surface area contributed by atoms with Gasteiger partial charge in [-0.2, -0.15) is 0 Å². The summed E-state index contributed by atoms with van der Waals surface area (Å²) in [6.45, 7) is 2.00. The van der Waals surface area contributed by atoms with Gasteiger partial charge in [-0.25, -0.2) is 8.42 Å². The van der Waals surface area contributed by atoms with E-state index >= 15 is 0 Å². The molecular weight excluding hydrogens is 336 g/mol. The minimum absolute atomic E-state index is 0.00912. The number of carbonyl (C=O) groups excluding carboxylic acids is 1. The molecule has 1 saturated carbocycles. The number of carbonyl (C=O) groups is 1. The maximum atomic E-state index is 12.4. The Balaban J connectivity index is 1.81. The predicted octanol–water partition coefficient (Wildman–Crippen LogP) is 3.10. The topological polar surface area (TPSA) is 66.5 Å². The third-order valence-electron chi connectivity index (χ3n) is 4.14. The first kappa shape index (κ1) is 17.5. The van der Waals surface area contributed by atoms with Gasteiger partial charge >= 0.3 is 0 Å². The van der Waals surface area contributed by atoms with Crippen molar-refractivity contribution in [2.24, 2.45) is 0 Å². The third-order valence-corrected chi connectivity index (χ3v) is 5.35. The van der Waals surface area contributed by atoms with Crippen LogP contribution in [0.5, 0.6) is 0 Å². The number of rotatable bonds is 6. The van der Waals surface area contributed by atoms with Gasteiger partial charge in [-0.3, -0.25) is 9.10 Å². The smallest absolute Gasteiger partial charge is 0.232 e. The van der Waals surface area contributed by atoms with Crippen LogP contribution in [-0.4, -0.2) is 26.6 Å². The van der Waals surface area contributed by atoms with Crippen LogP contribution in [0.2, 0.25) is 0 Å². The molecule has 1 aliphatic carbocycles. The van der Waals surface area contributed by atoms with Gasteiger partial charge in [0, 0.05) is 6.04 Å². The zero-order valence-electron chi connectivity index (χ0n) is 14.4. The number of nitrogens with zero attached hydrogens (tertiary/aromatic N) is 1. The SMILES string of the molecule is Cc1ccc(CC(=O)Nc2ccccc2N(C2CC2)S(C)(=O)=O)cc1. The Kier molecular flexibility index (Phi) is 4.81. The monoisotopic (exact) mass is 358 g/mol. The van der Waals surface area contributed by atoms with E-state index in [1.54, 1.807) is 24.3 Å². The molecule has 0 heterocycles. The van der Waals surface area contributed by atoms with Gasteiger partial charge < -0.3 is 5.32 Å². The van der Waals surface area contributed by atoms with Crippen molar-refractivity contribution in [3.8, 4) is 0 Å². The van der Waals surface area contributed by atoms with E-state index in [-0.39, 0.29) is 18.4 Å². The van der Waals surface area contributed by atoms with Crippen LogP contribution < -0.4 is 9.62 Å². The van der Waals surface area contributed by atoms with Gasteiger partial charge in [-0.1, -0.05) is 42.0 Å². The molecule has 0 atom stereocenters. The molecule has 132 valence electrons. The first-order chi connectivity index (χ1) is 11.8. The van der Waals surface area contributed by atoms with E-state index in [1.807, 2.05) is 31.2 Å². The first-order valence-electron chi connectivity index (χ1n) is 8.28. The molecule has 0 aromatic heterocycles. The van der Waals surface area contributed by atoms with Crippen molar-refractivity contribution in [1.29, 1.82) is 0 Å². The van der Waals surface area contributed by atoms with Gasteiger partial charge in [0.1, 0.15) is 0 Å². The number of aryl methyl sites for hydroxylation is 1. The first-order valence-corrected chi connectivity index (χ1v) is 10.1. The Morgan fingerprint density at radius 2 is 1.76 bits per heavy atom. The number of para-hydroxylation sites is 2. The van der Waals surface area contributed by atoms with Crippen molar-refractivity contribution in [2.75, 3.05) is 15.9 Å². The van der Waals surface area contributed by atoms with Crippen LogP contribution in [0.25, 0.3) is 0 Å². The molecule has 0 spiro atoms. The lowest BCUT2D eigenvalue weighted by molar-refractivity contribution is -0.115. The molecule has 6 heteroatoms. The highest BCUT2D eigenvalue weighted by Gasteiger charge is 2.36. The number of hydrogen-bond acceptors (Lipinski definition) is 3. The van der Waals surface area contributed by atoms with E-state index in [9.17, 15) is 13.2 Å². The van der Waals surface area contributed by atoms with E-state index in [2.05, 4.69) is 5.32 Å². The van der Waals surface area contributed by atoms with Crippen molar-refractivity contribution < 1.29 is 13.2 Å². The summed E-state index contributed by atoms with van der Waals surface area (Å²) in [6.07, 6.45) is 3.14. The van der Waals surface area contributed by atoms with Crippen LogP contribution in [0, 0.1) is 6.92 Å². The zero-order valence-corrected chi connectivity index (χ0v) is 15.2. The minimum atomic E-state index is -3.39. The average Bonchev–Trinajstić information content (AvgIpc) is 3.35. The molecule has 25 heavy (non-hydrogen) atoms. The Morgan fingerprint density at radius 1 is 1.12 bits per heavy atom. The summed E-state index contributed by atoms with van der Waals surface area (Å²) < 4.78 is 25.8. The molecule has 1 aliphatic rings. The molecule has 5 nitrogen and oxygen atoms in total. The van der Waals surface area contributed by atoms with Crippen LogP contribution in [0.15, 0.2) is 48.5 Å². The average molecular weight is 358 g/mol. The van der Waals surface area contributed by atoms with E-state index in [0.717, 1.165) is 24.0 Å². The summed E-state index contributed by atoms with van der Waals surface area (Å²) in [5.74, 6) is -0.166. The zero-order chi connectivity index (χ0) is 18.0.